The summed E-state index contributed by atoms with van der Waals surface area (Å²) in [6, 6.07) is 9.91. The van der Waals surface area contributed by atoms with E-state index >= 15 is 0 Å². The summed E-state index contributed by atoms with van der Waals surface area (Å²) < 4.78 is 5.41. The Morgan fingerprint density at radius 2 is 2.19 bits per heavy atom. The largest absolute Gasteiger partial charge is 0.496 e. The van der Waals surface area contributed by atoms with E-state index < -0.39 is 0 Å². The quantitative estimate of drug-likeness (QED) is 0.802. The number of thiophene rings is 1. The molecule has 0 aliphatic heterocycles. The third-order valence-corrected chi connectivity index (χ3v) is 4.63. The number of nitrogens with one attached hydrogen (secondary N) is 1. The molecule has 0 saturated carbocycles. The van der Waals surface area contributed by atoms with Gasteiger partial charge in [0.15, 0.2) is 0 Å². The van der Waals surface area contributed by atoms with Crippen molar-refractivity contribution in [3.05, 3.63) is 51.2 Å². The maximum atomic E-state index is 9.28. The number of aliphatic hydroxyl groups excluding tert-OH is 1. The van der Waals surface area contributed by atoms with Gasteiger partial charge in [0.25, 0.3) is 0 Å². The van der Waals surface area contributed by atoms with E-state index in [-0.39, 0.29) is 18.7 Å². The van der Waals surface area contributed by atoms with Gasteiger partial charge in [-0.3, -0.25) is 0 Å². The Hall–Kier alpha value is -1.07. The summed E-state index contributed by atoms with van der Waals surface area (Å²) in [7, 11) is 1.66. The molecule has 21 heavy (non-hydrogen) atoms. The van der Waals surface area contributed by atoms with E-state index in [1.165, 1.54) is 4.88 Å². The summed E-state index contributed by atoms with van der Waals surface area (Å²) in [5.74, 6) is 0.813. The second-order valence-electron chi connectivity index (χ2n) is 4.85. The molecule has 2 aromatic rings. The maximum absolute atomic E-state index is 9.28. The second kappa shape index (κ2) is 7.80. The van der Waals surface area contributed by atoms with Crippen LogP contribution in [-0.4, -0.2) is 18.8 Å². The SMILES string of the molecule is COc1ccc(Cl)cc1C(C)NC(CCO)c1cccs1. The van der Waals surface area contributed by atoms with Gasteiger partial charge in [-0.25, -0.2) is 0 Å². The first-order valence-electron chi connectivity index (χ1n) is 6.89. The minimum atomic E-state index is 0.0669. The smallest absolute Gasteiger partial charge is 0.123 e. The highest BCUT2D eigenvalue weighted by atomic mass is 35.5. The molecule has 0 aliphatic carbocycles. The first-order chi connectivity index (χ1) is 10.2. The van der Waals surface area contributed by atoms with Crippen molar-refractivity contribution in [2.75, 3.05) is 13.7 Å². The van der Waals surface area contributed by atoms with Gasteiger partial charge in [-0.05, 0) is 43.0 Å². The number of rotatable bonds is 7. The van der Waals surface area contributed by atoms with E-state index in [4.69, 9.17) is 16.3 Å². The van der Waals surface area contributed by atoms with Crippen molar-refractivity contribution in [1.29, 1.82) is 0 Å². The first-order valence-corrected chi connectivity index (χ1v) is 8.15. The lowest BCUT2D eigenvalue weighted by molar-refractivity contribution is 0.261. The van der Waals surface area contributed by atoms with E-state index in [0.29, 0.717) is 11.4 Å². The lowest BCUT2D eigenvalue weighted by atomic mass is 10.0. The highest BCUT2D eigenvalue weighted by molar-refractivity contribution is 7.10. The zero-order valence-electron chi connectivity index (χ0n) is 12.2. The van der Waals surface area contributed by atoms with Crippen molar-refractivity contribution in [2.45, 2.75) is 25.4 Å². The molecule has 1 aromatic heterocycles. The van der Waals surface area contributed by atoms with Gasteiger partial charge in [0, 0.05) is 34.2 Å². The Kier molecular flexibility index (Phi) is 6.06. The zero-order valence-corrected chi connectivity index (χ0v) is 13.7. The van der Waals surface area contributed by atoms with Gasteiger partial charge in [0.1, 0.15) is 5.75 Å². The fourth-order valence-corrected chi connectivity index (χ4v) is 3.36. The van der Waals surface area contributed by atoms with Crippen LogP contribution in [0.2, 0.25) is 5.02 Å². The number of hydrogen-bond acceptors (Lipinski definition) is 4. The molecule has 1 aromatic carbocycles. The molecule has 0 radical (unpaired) electrons. The molecule has 0 bridgehead atoms. The van der Waals surface area contributed by atoms with Crippen molar-refractivity contribution in [1.82, 2.24) is 5.32 Å². The van der Waals surface area contributed by atoms with Crippen molar-refractivity contribution < 1.29 is 9.84 Å². The summed E-state index contributed by atoms with van der Waals surface area (Å²) in [5, 5.41) is 15.6. The molecule has 1 heterocycles. The molecule has 2 rings (SSSR count). The average molecular weight is 326 g/mol. The van der Waals surface area contributed by atoms with Crippen molar-refractivity contribution in [3.8, 4) is 5.75 Å². The maximum Gasteiger partial charge on any atom is 0.123 e. The van der Waals surface area contributed by atoms with E-state index in [1.54, 1.807) is 18.4 Å². The van der Waals surface area contributed by atoms with Crippen molar-refractivity contribution >= 4 is 22.9 Å². The molecule has 2 atom stereocenters. The van der Waals surface area contributed by atoms with Crippen LogP contribution in [0.4, 0.5) is 0 Å². The summed E-state index contributed by atoms with van der Waals surface area (Å²) in [6.07, 6.45) is 0.674. The monoisotopic (exact) mass is 325 g/mol. The summed E-state index contributed by atoms with van der Waals surface area (Å²) >= 11 is 7.78. The summed E-state index contributed by atoms with van der Waals surface area (Å²) in [6.45, 7) is 2.22. The first kappa shape index (κ1) is 16.3. The van der Waals surface area contributed by atoms with Crippen LogP contribution in [0.15, 0.2) is 35.7 Å². The van der Waals surface area contributed by atoms with Gasteiger partial charge in [-0.2, -0.15) is 0 Å². The Morgan fingerprint density at radius 1 is 1.38 bits per heavy atom. The molecule has 0 fully saturated rings. The lowest BCUT2D eigenvalue weighted by Gasteiger charge is -2.24. The number of methoxy groups -OCH3 is 1. The zero-order chi connectivity index (χ0) is 15.2. The predicted molar refractivity (Wildman–Crippen MR) is 88.3 cm³/mol. The fourth-order valence-electron chi connectivity index (χ4n) is 2.36. The van der Waals surface area contributed by atoms with Gasteiger partial charge in [-0.1, -0.05) is 17.7 Å². The van der Waals surface area contributed by atoms with Crippen LogP contribution in [0.5, 0.6) is 5.75 Å². The van der Waals surface area contributed by atoms with Crippen LogP contribution >= 0.6 is 22.9 Å². The topological polar surface area (TPSA) is 41.5 Å². The van der Waals surface area contributed by atoms with Gasteiger partial charge < -0.3 is 15.2 Å². The molecule has 5 heteroatoms. The van der Waals surface area contributed by atoms with Gasteiger partial charge in [0.2, 0.25) is 0 Å². The van der Waals surface area contributed by atoms with Gasteiger partial charge in [0.05, 0.1) is 7.11 Å². The molecule has 0 aliphatic rings. The number of aliphatic hydroxyl groups is 1. The summed E-state index contributed by atoms with van der Waals surface area (Å²) in [5.41, 5.74) is 1.02. The number of ether oxygens (including phenoxy) is 1. The minimum absolute atomic E-state index is 0.0669. The molecule has 0 saturated heterocycles. The second-order valence-corrected chi connectivity index (χ2v) is 6.27. The van der Waals surface area contributed by atoms with Crippen LogP contribution in [-0.2, 0) is 0 Å². The summed E-state index contributed by atoms with van der Waals surface area (Å²) in [4.78, 5) is 1.22. The molecular formula is C16H20ClNO2S. The van der Waals surface area contributed by atoms with Crippen LogP contribution in [0.1, 0.15) is 35.9 Å². The van der Waals surface area contributed by atoms with Crippen molar-refractivity contribution in [2.24, 2.45) is 0 Å². The average Bonchev–Trinajstić information content (AvgIpc) is 3.00. The Labute approximate surface area is 134 Å². The lowest BCUT2D eigenvalue weighted by Crippen LogP contribution is -2.25. The van der Waals surface area contributed by atoms with Crippen LogP contribution < -0.4 is 10.1 Å². The predicted octanol–water partition coefficient (Wildman–Crippen LogP) is 4.18. The van der Waals surface area contributed by atoms with E-state index in [2.05, 4.69) is 18.3 Å². The van der Waals surface area contributed by atoms with Gasteiger partial charge in [-0.15, -0.1) is 11.3 Å². The molecule has 0 amide bonds. The van der Waals surface area contributed by atoms with Gasteiger partial charge >= 0.3 is 0 Å². The fraction of sp³-hybridized carbons (Fsp3) is 0.375. The highest BCUT2D eigenvalue weighted by Crippen LogP contribution is 2.31. The van der Waals surface area contributed by atoms with Crippen LogP contribution in [0.25, 0.3) is 0 Å². The molecule has 114 valence electrons. The number of halogens is 1. The normalized spacial score (nSPS) is 13.9. The highest BCUT2D eigenvalue weighted by Gasteiger charge is 2.18. The third-order valence-electron chi connectivity index (χ3n) is 3.41. The molecule has 2 N–H and O–H groups in total. The number of hydrogen-bond donors (Lipinski definition) is 2. The Bertz CT molecular complexity index is 559. The Balaban J connectivity index is 2.19. The van der Waals surface area contributed by atoms with Crippen molar-refractivity contribution in [3.63, 3.8) is 0 Å². The Morgan fingerprint density at radius 3 is 2.81 bits per heavy atom. The molecular weight excluding hydrogens is 306 g/mol. The van der Waals surface area contributed by atoms with Crippen LogP contribution in [0, 0.1) is 0 Å². The number of benzene rings is 1. The van der Waals surface area contributed by atoms with E-state index in [0.717, 1.165) is 11.3 Å². The van der Waals surface area contributed by atoms with Crippen LogP contribution in [0.3, 0.4) is 0 Å². The van der Waals surface area contributed by atoms with E-state index in [9.17, 15) is 5.11 Å². The molecule has 0 spiro atoms. The third kappa shape index (κ3) is 4.20. The molecule has 3 nitrogen and oxygen atoms in total. The standard InChI is InChI=1S/C16H20ClNO2S/c1-11(13-10-12(17)5-6-15(13)20-2)18-14(7-8-19)16-4-3-9-21-16/h3-6,9-11,14,18-19H,7-8H2,1-2H3. The van der Waals surface area contributed by atoms with E-state index in [1.807, 2.05) is 29.6 Å². The molecule has 2 unspecified atom stereocenters. The minimum Gasteiger partial charge on any atom is -0.496 e.